The monoisotopic (exact) mass is 955 g/mol. The van der Waals surface area contributed by atoms with Crippen LogP contribution in [-0.2, 0) is 0 Å². The fourth-order valence-corrected chi connectivity index (χ4v) is 4.86. The van der Waals surface area contributed by atoms with Crippen LogP contribution >= 0.6 is 0 Å². The number of fused-ring (bicyclic) bond motifs is 4. The lowest BCUT2D eigenvalue weighted by Crippen LogP contribution is -1.84. The highest BCUT2D eigenvalue weighted by molar-refractivity contribution is 5.85. The second-order valence-corrected chi connectivity index (χ2v) is 13.3. The Morgan fingerprint density at radius 2 is 0.362 bits per heavy atom. The molecule has 0 aliphatic carbocycles. The normalized spacial score (nSPS) is 8.12. The third-order valence-electron chi connectivity index (χ3n) is 6.99. The van der Waals surface area contributed by atoms with Gasteiger partial charge < -0.3 is 35.4 Å². The van der Waals surface area contributed by atoms with Gasteiger partial charge in [-0.25, -0.2) is 0 Å². The summed E-state index contributed by atoms with van der Waals surface area (Å²) in [6, 6.07) is 62.4. The fraction of sp³-hybridized carbons (Fsp3) is 0.355. The van der Waals surface area contributed by atoms with Crippen LogP contribution in [0.5, 0.6) is 11.5 Å². The van der Waals surface area contributed by atoms with Crippen LogP contribution in [0.3, 0.4) is 0 Å². The lowest BCUT2D eigenvalue weighted by atomic mass is 10.1. The molecule has 0 amide bonds. The predicted octanol–water partition coefficient (Wildman–Crippen LogP) is 16.5. The predicted molar refractivity (Wildman–Crippen MR) is 311 cm³/mol. The molecule has 0 aliphatic rings. The Balaban J connectivity index is -0.000000138. The molecule has 7 heteroatoms. The van der Waals surface area contributed by atoms with Gasteiger partial charge in [0, 0.05) is 42.7 Å². The van der Waals surface area contributed by atoms with E-state index in [0.717, 1.165) is 66.0 Å². The second-order valence-electron chi connectivity index (χ2n) is 13.3. The number of aliphatic hydroxyl groups excluding tert-OH is 6. The van der Waals surface area contributed by atoms with Crippen LogP contribution in [0, 0.1) is 11.8 Å². The Hall–Kier alpha value is -5.64. The summed E-state index contributed by atoms with van der Waals surface area (Å²) in [4.78, 5) is 0. The van der Waals surface area contributed by atoms with E-state index in [4.69, 9.17) is 35.4 Å². The molecule has 0 bridgehead atoms. The highest BCUT2D eigenvalue weighted by atomic mass is 16.5. The van der Waals surface area contributed by atoms with Crippen molar-refractivity contribution in [3.63, 3.8) is 0 Å². The van der Waals surface area contributed by atoms with Crippen molar-refractivity contribution in [1.29, 1.82) is 0 Å². The average Bonchev–Trinajstić information content (AvgIpc) is 3.44. The molecule has 8 aromatic rings. The summed E-state index contributed by atoms with van der Waals surface area (Å²) in [5.74, 6) is 3.40. The summed E-state index contributed by atoms with van der Waals surface area (Å²) in [6.45, 7) is 29.0. The highest BCUT2D eigenvalue weighted by Gasteiger charge is 2.01. The number of benzene rings is 8. The lowest BCUT2D eigenvalue weighted by Gasteiger charge is -2.08. The topological polar surface area (TPSA) is 131 Å². The molecule has 0 fully saturated rings. The van der Waals surface area contributed by atoms with E-state index in [0.29, 0.717) is 0 Å². The maximum atomic E-state index is 7.00. The average molecular weight is 955 g/mol. The minimum atomic E-state index is 0.833. The van der Waals surface area contributed by atoms with Crippen molar-refractivity contribution >= 4 is 43.1 Å². The molecule has 0 radical (unpaired) electrons. The summed E-state index contributed by atoms with van der Waals surface area (Å²) in [5, 5.41) is 52.1. The van der Waals surface area contributed by atoms with Gasteiger partial charge in [0.1, 0.15) is 11.5 Å². The summed E-state index contributed by atoms with van der Waals surface area (Å²) in [5.41, 5.74) is 0. The minimum Gasteiger partial charge on any atom is -0.457 e. The van der Waals surface area contributed by atoms with Crippen molar-refractivity contribution in [3.8, 4) is 11.5 Å². The molecule has 69 heavy (non-hydrogen) atoms. The van der Waals surface area contributed by atoms with Crippen molar-refractivity contribution in [2.75, 3.05) is 42.7 Å². The van der Waals surface area contributed by atoms with E-state index in [1.165, 1.54) is 43.1 Å². The SMILES string of the molecule is CC.CC.CC.CC.CC(C)C.CC(C)C.CO.CO.CO.CO.CO.CO.c1ccc2cc(Oc3ccc4ccccc4c3)ccc2c1.c1ccc2ccccc2c1.c1ccc2ccccc2c1. The van der Waals surface area contributed by atoms with Crippen molar-refractivity contribution in [2.24, 2.45) is 11.8 Å². The van der Waals surface area contributed by atoms with Gasteiger partial charge >= 0.3 is 0 Å². The van der Waals surface area contributed by atoms with Gasteiger partial charge in [-0.2, -0.15) is 0 Å². The quantitative estimate of drug-likeness (QED) is 0.102. The van der Waals surface area contributed by atoms with Gasteiger partial charge in [0.25, 0.3) is 0 Å². The third-order valence-corrected chi connectivity index (χ3v) is 6.99. The first-order valence-electron chi connectivity index (χ1n) is 24.0. The molecule has 7 nitrogen and oxygen atoms in total. The van der Waals surface area contributed by atoms with Crippen LogP contribution < -0.4 is 4.74 Å². The number of hydrogen-bond donors (Lipinski definition) is 6. The van der Waals surface area contributed by atoms with E-state index >= 15 is 0 Å². The van der Waals surface area contributed by atoms with E-state index in [1.54, 1.807) is 0 Å². The van der Waals surface area contributed by atoms with Gasteiger partial charge in [0.05, 0.1) is 0 Å². The molecule has 6 N–H and O–H groups in total. The largest absolute Gasteiger partial charge is 0.457 e. The molecule has 0 atom stereocenters. The molecular weight excluding hydrogens is 857 g/mol. The highest BCUT2D eigenvalue weighted by Crippen LogP contribution is 2.28. The van der Waals surface area contributed by atoms with Gasteiger partial charge in [0.15, 0.2) is 0 Å². The number of rotatable bonds is 2. The summed E-state index contributed by atoms with van der Waals surface area (Å²) < 4.78 is 5.99. The maximum Gasteiger partial charge on any atom is 0.128 e. The molecule has 0 aromatic heterocycles. The summed E-state index contributed by atoms with van der Waals surface area (Å²) >= 11 is 0. The molecule has 0 saturated heterocycles. The van der Waals surface area contributed by atoms with Gasteiger partial charge in [-0.1, -0.05) is 255 Å². The van der Waals surface area contributed by atoms with E-state index in [2.05, 4.69) is 187 Å². The Morgan fingerprint density at radius 1 is 0.232 bits per heavy atom. The third kappa shape index (κ3) is 41.1. The van der Waals surface area contributed by atoms with Crippen molar-refractivity contribution in [3.05, 3.63) is 182 Å². The maximum absolute atomic E-state index is 7.00. The Kier molecular flexibility index (Phi) is 70.1. The van der Waals surface area contributed by atoms with Crippen LogP contribution in [-0.4, -0.2) is 73.3 Å². The molecule has 8 aromatic carbocycles. The van der Waals surface area contributed by atoms with Gasteiger partial charge in [-0.05, 0) is 79.2 Å². The lowest BCUT2D eigenvalue weighted by molar-refractivity contribution is 0.399. The van der Waals surface area contributed by atoms with E-state index in [1.807, 2.05) is 91.8 Å². The van der Waals surface area contributed by atoms with Gasteiger partial charge in [-0.15, -0.1) is 0 Å². The Labute approximate surface area is 421 Å². The zero-order valence-electron chi connectivity index (χ0n) is 46.6. The van der Waals surface area contributed by atoms with Crippen molar-refractivity contribution < 1.29 is 35.4 Å². The van der Waals surface area contributed by atoms with Crippen molar-refractivity contribution in [2.45, 2.75) is 96.9 Å². The molecule has 0 heterocycles. The zero-order chi connectivity index (χ0) is 54.8. The Morgan fingerprint density at radius 3 is 0.522 bits per heavy atom. The molecule has 0 unspecified atom stereocenters. The summed E-state index contributed by atoms with van der Waals surface area (Å²) in [7, 11) is 6.00. The number of ether oxygens (including phenoxy) is 1. The zero-order valence-corrected chi connectivity index (χ0v) is 46.6. The molecule has 0 saturated carbocycles. The van der Waals surface area contributed by atoms with Crippen LogP contribution in [0.25, 0.3) is 43.1 Å². The smallest absolute Gasteiger partial charge is 0.128 e. The second kappa shape index (κ2) is 62.4. The first-order valence-corrected chi connectivity index (χ1v) is 24.0. The Bertz CT molecular complexity index is 1870. The van der Waals surface area contributed by atoms with Crippen LogP contribution in [0.4, 0.5) is 0 Å². The van der Waals surface area contributed by atoms with Crippen molar-refractivity contribution in [1.82, 2.24) is 0 Å². The van der Waals surface area contributed by atoms with E-state index in [9.17, 15) is 0 Å². The standard InChI is InChI=1S/C20H14O.2C10H8.2C4H10.4C2H6.6CH4O/c1-3-7-17-13-19(11-9-15(17)5-1)21-20-12-10-16-6-2-4-8-18(16)14-20;2*1-2-6-10-8-4-3-7-9(10)5-1;2*1-4(2)3;10*1-2/h1-14H;2*1-8H;2*4H,1-3H3;4*1-2H3;6*2H,1H3. The fourth-order valence-electron chi connectivity index (χ4n) is 4.86. The van der Waals surface area contributed by atoms with Gasteiger partial charge in [-0.3, -0.25) is 0 Å². The van der Waals surface area contributed by atoms with Gasteiger partial charge in [0.2, 0.25) is 0 Å². The number of hydrogen-bond acceptors (Lipinski definition) is 7. The molecule has 388 valence electrons. The van der Waals surface area contributed by atoms with Crippen LogP contribution in [0.1, 0.15) is 96.9 Å². The molecule has 0 aliphatic heterocycles. The number of aliphatic hydroxyl groups is 6. The van der Waals surface area contributed by atoms with Crippen LogP contribution in [0.2, 0.25) is 0 Å². The molecule has 0 spiro atoms. The molecule has 8 rings (SSSR count). The minimum absolute atomic E-state index is 0.833. The van der Waals surface area contributed by atoms with Crippen LogP contribution in [0.15, 0.2) is 182 Å². The molecular formula is C62H98O7. The summed E-state index contributed by atoms with van der Waals surface area (Å²) in [6.07, 6.45) is 0. The van der Waals surface area contributed by atoms with E-state index < -0.39 is 0 Å². The first-order chi connectivity index (χ1) is 33.8. The van der Waals surface area contributed by atoms with E-state index in [-0.39, 0.29) is 0 Å². The first kappa shape index (κ1) is 77.6.